The lowest BCUT2D eigenvalue weighted by atomic mass is 10.2. The SMILES string of the molecule is Cn1cccc1CN(Cc1cccs1)C(=O)c1ccccc1Br. The Labute approximate surface area is 148 Å². The molecule has 0 atom stereocenters. The molecule has 1 aromatic carbocycles. The fourth-order valence-electron chi connectivity index (χ4n) is 2.45. The molecular formula is C18H17BrN2OS. The fraction of sp³-hybridized carbons (Fsp3) is 0.167. The Morgan fingerprint density at radius 1 is 1.13 bits per heavy atom. The number of aryl methyl sites for hydroxylation is 1. The van der Waals surface area contributed by atoms with Crippen LogP contribution in [0, 0.1) is 0 Å². The molecule has 0 aliphatic heterocycles. The van der Waals surface area contributed by atoms with Gasteiger partial charge in [-0.1, -0.05) is 18.2 Å². The van der Waals surface area contributed by atoms with Gasteiger partial charge in [0.05, 0.1) is 18.7 Å². The zero-order valence-electron chi connectivity index (χ0n) is 12.8. The van der Waals surface area contributed by atoms with E-state index in [1.54, 1.807) is 11.3 Å². The van der Waals surface area contributed by atoms with E-state index in [2.05, 4.69) is 32.6 Å². The lowest BCUT2D eigenvalue weighted by molar-refractivity contribution is 0.0727. The molecule has 3 nitrogen and oxygen atoms in total. The van der Waals surface area contributed by atoms with E-state index in [4.69, 9.17) is 0 Å². The molecule has 0 N–H and O–H groups in total. The van der Waals surface area contributed by atoms with Crippen LogP contribution >= 0.6 is 27.3 Å². The van der Waals surface area contributed by atoms with Crippen molar-refractivity contribution in [2.75, 3.05) is 0 Å². The van der Waals surface area contributed by atoms with Crippen molar-refractivity contribution >= 4 is 33.2 Å². The molecule has 3 rings (SSSR count). The van der Waals surface area contributed by atoms with Crippen LogP contribution in [0.25, 0.3) is 0 Å². The summed E-state index contributed by atoms with van der Waals surface area (Å²) in [7, 11) is 2.00. The summed E-state index contributed by atoms with van der Waals surface area (Å²) >= 11 is 5.16. The van der Waals surface area contributed by atoms with Gasteiger partial charge in [0.1, 0.15) is 0 Å². The van der Waals surface area contributed by atoms with E-state index in [1.165, 1.54) is 4.88 Å². The first-order valence-electron chi connectivity index (χ1n) is 7.31. The molecule has 0 unspecified atom stereocenters. The van der Waals surface area contributed by atoms with Crippen LogP contribution in [-0.4, -0.2) is 15.4 Å². The Bertz CT molecular complexity index is 795. The minimum Gasteiger partial charge on any atom is -0.353 e. The van der Waals surface area contributed by atoms with Crippen LogP contribution in [0.3, 0.4) is 0 Å². The summed E-state index contributed by atoms with van der Waals surface area (Å²) in [4.78, 5) is 16.1. The first-order valence-corrected chi connectivity index (χ1v) is 8.99. The van der Waals surface area contributed by atoms with Crippen LogP contribution < -0.4 is 0 Å². The summed E-state index contributed by atoms with van der Waals surface area (Å²) in [6.07, 6.45) is 2.00. The van der Waals surface area contributed by atoms with Crippen LogP contribution in [0.4, 0.5) is 0 Å². The Morgan fingerprint density at radius 2 is 1.96 bits per heavy atom. The average molecular weight is 389 g/mol. The molecule has 2 aromatic heterocycles. The fourth-order valence-corrected chi connectivity index (χ4v) is 3.63. The highest BCUT2D eigenvalue weighted by atomic mass is 79.9. The van der Waals surface area contributed by atoms with E-state index in [1.807, 2.05) is 59.9 Å². The monoisotopic (exact) mass is 388 g/mol. The van der Waals surface area contributed by atoms with Gasteiger partial charge in [-0.3, -0.25) is 4.79 Å². The third-order valence-electron chi connectivity index (χ3n) is 3.72. The summed E-state index contributed by atoms with van der Waals surface area (Å²) in [6.45, 7) is 1.20. The maximum atomic E-state index is 13.0. The maximum absolute atomic E-state index is 13.0. The van der Waals surface area contributed by atoms with E-state index in [0.29, 0.717) is 18.7 Å². The number of benzene rings is 1. The Morgan fingerprint density at radius 3 is 2.61 bits per heavy atom. The smallest absolute Gasteiger partial charge is 0.255 e. The van der Waals surface area contributed by atoms with E-state index < -0.39 is 0 Å². The van der Waals surface area contributed by atoms with Gasteiger partial charge in [-0.05, 0) is 51.6 Å². The molecule has 0 fully saturated rings. The lowest BCUT2D eigenvalue weighted by Crippen LogP contribution is -2.30. The summed E-state index contributed by atoms with van der Waals surface area (Å²) in [5.74, 6) is 0.0343. The second kappa shape index (κ2) is 7.15. The number of carbonyl (C=O) groups is 1. The molecule has 0 saturated carbocycles. The highest BCUT2D eigenvalue weighted by molar-refractivity contribution is 9.10. The normalized spacial score (nSPS) is 10.7. The number of amides is 1. The van der Waals surface area contributed by atoms with Crippen molar-refractivity contribution in [3.63, 3.8) is 0 Å². The molecule has 1 amide bonds. The highest BCUT2D eigenvalue weighted by Crippen LogP contribution is 2.22. The highest BCUT2D eigenvalue weighted by Gasteiger charge is 2.19. The Kier molecular flexibility index (Phi) is 4.98. The summed E-state index contributed by atoms with van der Waals surface area (Å²) < 4.78 is 2.88. The first kappa shape index (κ1) is 16.0. The molecule has 0 spiro atoms. The molecule has 0 aliphatic rings. The predicted molar refractivity (Wildman–Crippen MR) is 97.5 cm³/mol. The maximum Gasteiger partial charge on any atom is 0.255 e. The molecule has 0 radical (unpaired) electrons. The van der Waals surface area contributed by atoms with Crippen molar-refractivity contribution in [1.29, 1.82) is 0 Å². The van der Waals surface area contributed by atoms with Gasteiger partial charge in [0.25, 0.3) is 5.91 Å². The Hall–Kier alpha value is -1.85. The first-order chi connectivity index (χ1) is 11.1. The van der Waals surface area contributed by atoms with Gasteiger partial charge in [-0.25, -0.2) is 0 Å². The molecule has 23 heavy (non-hydrogen) atoms. The van der Waals surface area contributed by atoms with Gasteiger partial charge in [-0.2, -0.15) is 0 Å². The van der Waals surface area contributed by atoms with Gasteiger partial charge < -0.3 is 9.47 Å². The standard InChI is InChI=1S/C18H17BrN2OS/c1-20-10-4-6-14(20)12-21(13-15-7-5-11-23-15)18(22)16-8-2-3-9-17(16)19/h2-11H,12-13H2,1H3. The van der Waals surface area contributed by atoms with Crippen molar-refractivity contribution < 1.29 is 4.79 Å². The number of hydrogen-bond donors (Lipinski definition) is 0. The summed E-state index contributed by atoms with van der Waals surface area (Å²) in [5.41, 5.74) is 1.81. The van der Waals surface area contributed by atoms with E-state index in [-0.39, 0.29) is 5.91 Å². The number of halogens is 1. The number of rotatable bonds is 5. The molecule has 5 heteroatoms. The van der Waals surface area contributed by atoms with Crippen molar-refractivity contribution in [2.24, 2.45) is 7.05 Å². The van der Waals surface area contributed by atoms with E-state index >= 15 is 0 Å². The molecule has 0 bridgehead atoms. The molecule has 0 aliphatic carbocycles. The van der Waals surface area contributed by atoms with Gasteiger partial charge in [0.15, 0.2) is 0 Å². The topological polar surface area (TPSA) is 25.2 Å². The van der Waals surface area contributed by atoms with Crippen LogP contribution in [0.15, 0.2) is 64.6 Å². The van der Waals surface area contributed by atoms with Gasteiger partial charge in [0.2, 0.25) is 0 Å². The minimum atomic E-state index is 0.0343. The van der Waals surface area contributed by atoms with Crippen LogP contribution in [0.5, 0.6) is 0 Å². The van der Waals surface area contributed by atoms with Crippen molar-refractivity contribution in [3.8, 4) is 0 Å². The van der Waals surface area contributed by atoms with Gasteiger partial charge in [-0.15, -0.1) is 11.3 Å². The van der Waals surface area contributed by atoms with Crippen molar-refractivity contribution in [3.05, 3.63) is 80.7 Å². The third-order valence-corrected chi connectivity index (χ3v) is 5.28. The predicted octanol–water partition coefficient (Wildman–Crippen LogP) is 4.69. The van der Waals surface area contributed by atoms with E-state index in [9.17, 15) is 4.79 Å². The minimum absolute atomic E-state index is 0.0343. The number of nitrogens with zero attached hydrogens (tertiary/aromatic N) is 2. The zero-order valence-corrected chi connectivity index (χ0v) is 15.2. The van der Waals surface area contributed by atoms with Crippen molar-refractivity contribution in [2.45, 2.75) is 13.1 Å². The van der Waals surface area contributed by atoms with Gasteiger partial charge >= 0.3 is 0 Å². The molecular weight excluding hydrogens is 372 g/mol. The molecule has 118 valence electrons. The van der Waals surface area contributed by atoms with Crippen LogP contribution in [0.1, 0.15) is 20.9 Å². The number of hydrogen-bond acceptors (Lipinski definition) is 2. The summed E-state index contributed by atoms with van der Waals surface area (Å²) in [6, 6.07) is 15.7. The number of aromatic nitrogens is 1. The quantitative estimate of drug-likeness (QED) is 0.622. The largest absolute Gasteiger partial charge is 0.353 e. The molecule has 0 saturated heterocycles. The number of carbonyl (C=O) groups excluding carboxylic acids is 1. The Balaban J connectivity index is 1.89. The van der Waals surface area contributed by atoms with Crippen molar-refractivity contribution in [1.82, 2.24) is 9.47 Å². The second-order valence-corrected chi connectivity index (χ2v) is 7.22. The third kappa shape index (κ3) is 3.74. The van der Waals surface area contributed by atoms with Crippen LogP contribution in [0.2, 0.25) is 0 Å². The second-order valence-electron chi connectivity index (χ2n) is 5.33. The van der Waals surface area contributed by atoms with E-state index in [0.717, 1.165) is 10.2 Å². The van der Waals surface area contributed by atoms with Gasteiger partial charge in [0, 0.05) is 28.3 Å². The zero-order chi connectivity index (χ0) is 16.2. The van der Waals surface area contributed by atoms with Crippen LogP contribution in [-0.2, 0) is 20.1 Å². The molecule has 3 aromatic rings. The summed E-state index contributed by atoms with van der Waals surface area (Å²) in [5, 5.41) is 2.04. The lowest BCUT2D eigenvalue weighted by Gasteiger charge is -2.23. The molecule has 2 heterocycles. The number of thiophene rings is 1. The average Bonchev–Trinajstić information content (AvgIpc) is 3.19.